The number of piperidine rings is 2. The lowest BCUT2D eigenvalue weighted by Crippen LogP contribution is -2.44. The molecule has 2 saturated heterocycles. The summed E-state index contributed by atoms with van der Waals surface area (Å²) >= 11 is 0. The van der Waals surface area contributed by atoms with Crippen LogP contribution in [0.2, 0.25) is 0 Å². The van der Waals surface area contributed by atoms with E-state index < -0.39 is 0 Å². The van der Waals surface area contributed by atoms with Gasteiger partial charge in [-0.05, 0) is 52.2 Å². The van der Waals surface area contributed by atoms with Gasteiger partial charge in [0.25, 0.3) is 0 Å². The lowest BCUT2D eigenvalue weighted by Gasteiger charge is -2.34. The lowest BCUT2D eigenvalue weighted by molar-refractivity contribution is -0.149. The van der Waals surface area contributed by atoms with Gasteiger partial charge in [0.15, 0.2) is 0 Å². The first kappa shape index (κ1) is 14.8. The van der Waals surface area contributed by atoms with Gasteiger partial charge in [0.2, 0.25) is 0 Å². The first-order valence-corrected chi connectivity index (χ1v) is 7.91. The normalized spacial score (nSPS) is 26.3. The maximum Gasteiger partial charge on any atom is 0.310 e. The second-order valence-corrected chi connectivity index (χ2v) is 5.79. The number of hydrogen-bond donors (Lipinski definition) is 0. The molecule has 0 aliphatic carbocycles. The first-order chi connectivity index (χ1) is 9.29. The van der Waals surface area contributed by atoms with E-state index in [4.69, 9.17) is 4.74 Å². The van der Waals surface area contributed by atoms with Crippen LogP contribution in [-0.4, -0.2) is 61.6 Å². The van der Waals surface area contributed by atoms with Crippen LogP contribution in [0.1, 0.15) is 39.0 Å². The number of hydrogen-bond acceptors (Lipinski definition) is 4. The molecule has 4 nitrogen and oxygen atoms in total. The van der Waals surface area contributed by atoms with Gasteiger partial charge in [0.05, 0.1) is 12.5 Å². The zero-order valence-electron chi connectivity index (χ0n) is 12.3. The summed E-state index contributed by atoms with van der Waals surface area (Å²) in [6.45, 7) is 9.21. The smallest absolute Gasteiger partial charge is 0.310 e. The topological polar surface area (TPSA) is 32.8 Å². The van der Waals surface area contributed by atoms with Crippen LogP contribution in [0.15, 0.2) is 0 Å². The Balaban J connectivity index is 1.69. The largest absolute Gasteiger partial charge is 0.466 e. The van der Waals surface area contributed by atoms with Gasteiger partial charge in [0, 0.05) is 19.6 Å². The summed E-state index contributed by atoms with van der Waals surface area (Å²) in [7, 11) is 0. The van der Waals surface area contributed by atoms with Gasteiger partial charge in [-0.25, -0.2) is 0 Å². The fourth-order valence-corrected chi connectivity index (χ4v) is 3.18. The molecular formula is C15H28N2O2. The van der Waals surface area contributed by atoms with E-state index in [0.717, 1.165) is 39.0 Å². The van der Waals surface area contributed by atoms with Crippen molar-refractivity contribution in [3.8, 4) is 0 Å². The van der Waals surface area contributed by atoms with Gasteiger partial charge < -0.3 is 14.5 Å². The average molecular weight is 268 g/mol. The molecule has 110 valence electrons. The molecule has 2 aliphatic rings. The second kappa shape index (κ2) is 7.85. The molecule has 2 rings (SSSR count). The molecule has 2 heterocycles. The number of esters is 1. The third kappa shape index (κ3) is 4.77. The van der Waals surface area contributed by atoms with Crippen LogP contribution in [0.5, 0.6) is 0 Å². The molecule has 0 saturated carbocycles. The van der Waals surface area contributed by atoms with E-state index in [-0.39, 0.29) is 11.9 Å². The number of ether oxygens (including phenoxy) is 1. The van der Waals surface area contributed by atoms with Gasteiger partial charge in [-0.1, -0.05) is 6.42 Å². The predicted molar refractivity (Wildman–Crippen MR) is 76.1 cm³/mol. The molecular weight excluding hydrogens is 240 g/mol. The molecule has 0 aromatic rings. The van der Waals surface area contributed by atoms with Crippen molar-refractivity contribution >= 4 is 5.97 Å². The first-order valence-electron chi connectivity index (χ1n) is 7.91. The Hall–Kier alpha value is -0.610. The molecule has 2 aliphatic heterocycles. The Morgan fingerprint density at radius 3 is 2.47 bits per heavy atom. The Kier molecular flexibility index (Phi) is 6.11. The lowest BCUT2D eigenvalue weighted by atomic mass is 9.98. The maximum atomic E-state index is 11.8. The minimum atomic E-state index is 0.00479. The molecule has 19 heavy (non-hydrogen) atoms. The standard InChI is InChI=1S/C15H28N2O2/c1-2-19-15(18)14-7-6-10-17(13-14)12-11-16-8-4-3-5-9-16/h14H,2-13H2,1H3/t14-/m0/s1. The second-order valence-electron chi connectivity index (χ2n) is 5.79. The molecule has 0 aromatic heterocycles. The van der Waals surface area contributed by atoms with Crippen molar-refractivity contribution in [2.75, 3.05) is 45.9 Å². The number of nitrogens with zero attached hydrogens (tertiary/aromatic N) is 2. The highest BCUT2D eigenvalue weighted by atomic mass is 16.5. The third-order valence-electron chi connectivity index (χ3n) is 4.31. The highest BCUT2D eigenvalue weighted by Crippen LogP contribution is 2.18. The minimum absolute atomic E-state index is 0.00479. The Morgan fingerprint density at radius 2 is 1.74 bits per heavy atom. The molecule has 0 bridgehead atoms. The molecule has 2 fully saturated rings. The highest BCUT2D eigenvalue weighted by molar-refractivity contribution is 5.72. The summed E-state index contributed by atoms with van der Waals surface area (Å²) in [5, 5.41) is 0. The summed E-state index contributed by atoms with van der Waals surface area (Å²) in [4.78, 5) is 16.8. The van der Waals surface area contributed by atoms with Gasteiger partial charge in [-0.2, -0.15) is 0 Å². The van der Waals surface area contributed by atoms with Gasteiger partial charge >= 0.3 is 5.97 Å². The molecule has 0 N–H and O–H groups in total. The van der Waals surface area contributed by atoms with Gasteiger partial charge in [0.1, 0.15) is 0 Å². The van der Waals surface area contributed by atoms with Crippen LogP contribution in [0.4, 0.5) is 0 Å². The fraction of sp³-hybridized carbons (Fsp3) is 0.933. The van der Waals surface area contributed by atoms with Crippen molar-refractivity contribution in [1.82, 2.24) is 9.80 Å². The zero-order chi connectivity index (χ0) is 13.5. The van der Waals surface area contributed by atoms with Crippen molar-refractivity contribution in [3.63, 3.8) is 0 Å². The van der Waals surface area contributed by atoms with E-state index in [1.54, 1.807) is 0 Å². The van der Waals surface area contributed by atoms with E-state index in [1.807, 2.05) is 6.92 Å². The summed E-state index contributed by atoms with van der Waals surface area (Å²) in [5.41, 5.74) is 0. The van der Waals surface area contributed by atoms with E-state index in [9.17, 15) is 4.79 Å². The van der Waals surface area contributed by atoms with Crippen LogP contribution in [0, 0.1) is 5.92 Å². The summed E-state index contributed by atoms with van der Waals surface area (Å²) in [6.07, 6.45) is 6.23. The molecule has 0 spiro atoms. The SMILES string of the molecule is CCOC(=O)[C@H]1CCCN(CCN2CCCCC2)C1. The number of carbonyl (C=O) groups excluding carboxylic acids is 1. The Morgan fingerprint density at radius 1 is 1.05 bits per heavy atom. The summed E-state index contributed by atoms with van der Waals surface area (Å²) < 4.78 is 5.15. The number of rotatable bonds is 5. The van der Waals surface area contributed by atoms with E-state index in [0.29, 0.717) is 6.61 Å². The predicted octanol–water partition coefficient (Wildman–Crippen LogP) is 1.75. The van der Waals surface area contributed by atoms with E-state index >= 15 is 0 Å². The van der Waals surface area contributed by atoms with Crippen LogP contribution >= 0.6 is 0 Å². The molecule has 0 radical (unpaired) electrons. The van der Waals surface area contributed by atoms with Crippen molar-refractivity contribution < 1.29 is 9.53 Å². The maximum absolute atomic E-state index is 11.8. The molecule has 0 aromatic carbocycles. The summed E-state index contributed by atoms with van der Waals surface area (Å²) in [6, 6.07) is 0. The minimum Gasteiger partial charge on any atom is -0.466 e. The molecule has 4 heteroatoms. The van der Waals surface area contributed by atoms with Gasteiger partial charge in [-0.3, -0.25) is 4.79 Å². The summed E-state index contributed by atoms with van der Waals surface area (Å²) in [5.74, 6) is 0.111. The van der Waals surface area contributed by atoms with E-state index in [1.165, 1.54) is 32.4 Å². The average Bonchev–Trinajstić information content (AvgIpc) is 2.47. The monoisotopic (exact) mass is 268 g/mol. The highest BCUT2D eigenvalue weighted by Gasteiger charge is 2.26. The van der Waals surface area contributed by atoms with Crippen molar-refractivity contribution in [3.05, 3.63) is 0 Å². The Labute approximate surface area is 117 Å². The van der Waals surface area contributed by atoms with Crippen molar-refractivity contribution in [2.45, 2.75) is 39.0 Å². The van der Waals surface area contributed by atoms with E-state index in [2.05, 4.69) is 9.80 Å². The quantitative estimate of drug-likeness (QED) is 0.711. The van der Waals surface area contributed by atoms with Crippen LogP contribution in [-0.2, 0) is 9.53 Å². The number of likely N-dealkylation sites (tertiary alicyclic amines) is 2. The van der Waals surface area contributed by atoms with Crippen molar-refractivity contribution in [2.24, 2.45) is 5.92 Å². The zero-order valence-corrected chi connectivity index (χ0v) is 12.3. The molecule has 1 atom stereocenters. The van der Waals surface area contributed by atoms with Crippen LogP contribution in [0.3, 0.4) is 0 Å². The van der Waals surface area contributed by atoms with Gasteiger partial charge in [-0.15, -0.1) is 0 Å². The molecule has 0 amide bonds. The fourth-order valence-electron chi connectivity index (χ4n) is 3.18. The van der Waals surface area contributed by atoms with Crippen LogP contribution < -0.4 is 0 Å². The van der Waals surface area contributed by atoms with Crippen molar-refractivity contribution in [1.29, 1.82) is 0 Å². The third-order valence-corrected chi connectivity index (χ3v) is 4.31. The number of carbonyl (C=O) groups is 1. The Bertz CT molecular complexity index is 277. The molecule has 0 unspecified atom stereocenters. The van der Waals surface area contributed by atoms with Crippen LogP contribution in [0.25, 0.3) is 0 Å².